The van der Waals surface area contributed by atoms with Gasteiger partial charge in [-0.3, -0.25) is 0 Å². The third kappa shape index (κ3) is 7.47. The molecule has 0 bridgehead atoms. The molecule has 2 aliphatic carbocycles. The maximum atomic E-state index is 2.86. The summed E-state index contributed by atoms with van der Waals surface area (Å²) in [4.78, 5) is 7.13. The van der Waals surface area contributed by atoms with Gasteiger partial charge in [-0.15, -0.1) is 0 Å². The first-order valence-electron chi connectivity index (χ1n) is 25.9. The molecule has 354 valence electrons. The molecule has 0 amide bonds. The number of hydrogen-bond donors (Lipinski definition) is 0. The number of anilines is 5. The predicted molar refractivity (Wildman–Crippen MR) is 299 cm³/mol. The number of hydrogen-bond acceptors (Lipinski definition) is 3. The Morgan fingerprint density at radius 2 is 1.15 bits per heavy atom. The summed E-state index contributed by atoms with van der Waals surface area (Å²) in [7, 11) is 0. The molecule has 1 aromatic heterocycles. The molecule has 4 heteroatoms. The van der Waals surface area contributed by atoms with Gasteiger partial charge in [-0.25, -0.2) is 0 Å². The number of fused-ring (bicyclic) bond motifs is 7. The number of aryl methyl sites for hydroxylation is 1. The second kappa shape index (κ2) is 15.2. The molecule has 0 radical (unpaired) electrons. The fourth-order valence-electron chi connectivity index (χ4n) is 12.6. The van der Waals surface area contributed by atoms with Crippen LogP contribution < -0.4 is 25.5 Å². The van der Waals surface area contributed by atoms with E-state index in [1.165, 1.54) is 114 Å². The summed E-state index contributed by atoms with van der Waals surface area (Å²) in [5.41, 5.74) is 24.2. The van der Waals surface area contributed by atoms with Crippen molar-refractivity contribution in [2.45, 2.75) is 195 Å². The minimum Gasteiger partial charge on any atom is -0.337 e. The van der Waals surface area contributed by atoms with Crippen LogP contribution in [0.5, 0.6) is 0 Å². The van der Waals surface area contributed by atoms with Crippen LogP contribution in [0.3, 0.4) is 0 Å². The van der Waals surface area contributed by atoms with Crippen molar-refractivity contribution in [1.82, 2.24) is 0 Å². The van der Waals surface area contributed by atoms with Gasteiger partial charge in [0, 0.05) is 38.9 Å². The second-order valence-corrected chi connectivity index (χ2v) is 28.4. The van der Waals surface area contributed by atoms with Gasteiger partial charge in [0.15, 0.2) is 0 Å². The molecule has 5 aromatic carbocycles. The molecule has 0 N–H and O–H groups in total. The molecule has 0 spiro atoms. The van der Waals surface area contributed by atoms with E-state index in [9.17, 15) is 0 Å². The highest BCUT2D eigenvalue weighted by Gasteiger charge is 2.52. The van der Waals surface area contributed by atoms with Crippen molar-refractivity contribution in [2.75, 3.05) is 9.80 Å². The zero-order valence-electron chi connectivity index (χ0n) is 45.1. The Morgan fingerprint density at radius 3 is 1.75 bits per heavy atom. The quantitative estimate of drug-likeness (QED) is 0.162. The molecular weight excluding hydrogens is 840 g/mol. The SMILES string of the molecule is Cc1cc2c3c(c1)N(c1ccc(C(C)(C)C)cc1)c1cc4c(cc1B3c1sc3c(c1N2Cc1cc(C(C)(C)C)cc(C(C)(C)C)c1-c1ccccc1)C(C)(C)CCC3(C)C)C(C)(C)CCC4(C)C. The van der Waals surface area contributed by atoms with Crippen LogP contribution in [0.2, 0.25) is 0 Å². The summed E-state index contributed by atoms with van der Waals surface area (Å²) in [6.45, 7) is 44.8. The summed E-state index contributed by atoms with van der Waals surface area (Å²) in [6.07, 6.45) is 4.75. The number of nitrogens with zero attached hydrogens (tertiary/aromatic N) is 2. The molecule has 2 aliphatic heterocycles. The van der Waals surface area contributed by atoms with Gasteiger partial charge in [0.25, 0.3) is 6.71 Å². The summed E-state index contributed by atoms with van der Waals surface area (Å²) in [6, 6.07) is 36.5. The molecule has 2 nitrogen and oxygen atoms in total. The van der Waals surface area contributed by atoms with E-state index in [1.54, 1.807) is 16.0 Å². The van der Waals surface area contributed by atoms with E-state index < -0.39 is 0 Å². The Balaban J connectivity index is 1.34. The van der Waals surface area contributed by atoms with Crippen LogP contribution >= 0.6 is 11.3 Å². The largest absolute Gasteiger partial charge is 0.337 e. The standard InChI is InChI=1S/C64H79BN2S/c1-39-32-50-54-51(33-39)67(44-26-24-42(25-27-44)58(2,3)4)49-37-46-45(61(11,12)28-29-62(46,13)14)36-48(49)65(54)57-55(53-56(68-57)64(17,18)31-30-63(53,15)16)66(50)38-41-34-43(59(5,6)7)35-47(60(8,9)10)52(41)40-22-20-19-21-23-40/h19-27,32-37H,28-31,38H2,1-18H3. The van der Waals surface area contributed by atoms with Gasteiger partial charge < -0.3 is 9.80 Å². The predicted octanol–water partition coefficient (Wildman–Crippen LogP) is 16.3. The summed E-state index contributed by atoms with van der Waals surface area (Å²) in [5, 5.41) is 0. The Labute approximate surface area is 416 Å². The Bertz CT molecular complexity index is 2990. The average Bonchev–Trinajstić information content (AvgIpc) is 3.67. The van der Waals surface area contributed by atoms with Gasteiger partial charge in [0.1, 0.15) is 0 Å². The summed E-state index contributed by atoms with van der Waals surface area (Å²) < 4.78 is 1.54. The first kappa shape index (κ1) is 47.2. The third-order valence-corrected chi connectivity index (χ3v) is 18.6. The highest BCUT2D eigenvalue weighted by Crippen LogP contribution is 2.56. The van der Waals surface area contributed by atoms with Crippen LogP contribution in [0.4, 0.5) is 28.4 Å². The first-order valence-corrected chi connectivity index (χ1v) is 26.7. The fourth-order valence-corrected chi connectivity index (χ4v) is 14.3. The van der Waals surface area contributed by atoms with Crippen LogP contribution in [0, 0.1) is 6.92 Å². The molecule has 6 aromatic rings. The average molecular weight is 919 g/mol. The lowest BCUT2D eigenvalue weighted by Gasteiger charge is -2.48. The fraction of sp³-hybridized carbons (Fsp3) is 0.469. The normalized spacial score (nSPS) is 18.6. The first-order chi connectivity index (χ1) is 31.5. The number of thiophene rings is 1. The van der Waals surface area contributed by atoms with Crippen LogP contribution in [-0.2, 0) is 44.4 Å². The van der Waals surface area contributed by atoms with E-state index in [0.29, 0.717) is 0 Å². The molecule has 0 saturated carbocycles. The lowest BCUT2D eigenvalue weighted by molar-refractivity contribution is 0.332. The molecule has 0 atom stereocenters. The minimum atomic E-state index is -0.0658. The van der Waals surface area contributed by atoms with E-state index >= 15 is 0 Å². The van der Waals surface area contributed by atoms with Crippen molar-refractivity contribution >= 4 is 62.2 Å². The van der Waals surface area contributed by atoms with E-state index in [2.05, 4.69) is 237 Å². The van der Waals surface area contributed by atoms with Crippen LogP contribution in [0.15, 0.2) is 91.0 Å². The van der Waals surface area contributed by atoms with Crippen molar-refractivity contribution in [3.8, 4) is 11.1 Å². The monoisotopic (exact) mass is 919 g/mol. The Hall–Kier alpha value is -4.54. The zero-order valence-corrected chi connectivity index (χ0v) is 45.9. The van der Waals surface area contributed by atoms with Crippen molar-refractivity contribution < 1.29 is 0 Å². The smallest absolute Gasteiger partial charge is 0.264 e. The molecule has 0 unspecified atom stereocenters. The van der Waals surface area contributed by atoms with Gasteiger partial charge in [-0.2, -0.15) is 11.3 Å². The maximum Gasteiger partial charge on any atom is 0.264 e. The molecule has 10 rings (SSSR count). The summed E-state index contributed by atoms with van der Waals surface area (Å²) in [5.74, 6) is 0. The second-order valence-electron chi connectivity index (χ2n) is 27.3. The van der Waals surface area contributed by atoms with Crippen molar-refractivity contribution in [2.24, 2.45) is 0 Å². The van der Waals surface area contributed by atoms with Crippen molar-refractivity contribution in [3.63, 3.8) is 0 Å². The van der Waals surface area contributed by atoms with Gasteiger partial charge in [0.05, 0.1) is 5.69 Å². The van der Waals surface area contributed by atoms with Crippen LogP contribution in [-0.4, -0.2) is 6.71 Å². The molecular formula is C64H79BN2S. The Kier molecular flexibility index (Phi) is 10.6. The maximum absolute atomic E-state index is 2.86. The van der Waals surface area contributed by atoms with Crippen LogP contribution in [0.25, 0.3) is 11.1 Å². The zero-order chi connectivity index (χ0) is 49.1. The van der Waals surface area contributed by atoms with E-state index in [-0.39, 0.29) is 44.6 Å². The summed E-state index contributed by atoms with van der Waals surface area (Å²) >= 11 is 2.16. The lowest BCUT2D eigenvalue weighted by atomic mass is 9.35. The van der Waals surface area contributed by atoms with Gasteiger partial charge in [0.2, 0.25) is 0 Å². The van der Waals surface area contributed by atoms with E-state index in [0.717, 1.165) is 6.54 Å². The molecule has 3 heterocycles. The van der Waals surface area contributed by atoms with E-state index in [4.69, 9.17) is 0 Å². The van der Waals surface area contributed by atoms with E-state index in [1.807, 2.05) is 0 Å². The number of rotatable bonds is 4. The van der Waals surface area contributed by atoms with Gasteiger partial charge in [-0.05, 0) is 167 Å². The molecule has 0 saturated heterocycles. The highest BCUT2D eigenvalue weighted by molar-refractivity contribution is 7.29. The molecule has 68 heavy (non-hydrogen) atoms. The van der Waals surface area contributed by atoms with Gasteiger partial charge >= 0.3 is 0 Å². The highest BCUT2D eigenvalue weighted by atomic mass is 32.1. The number of benzene rings is 5. The Morgan fingerprint density at radius 1 is 0.574 bits per heavy atom. The third-order valence-electron chi connectivity index (χ3n) is 17.0. The molecule has 4 aliphatic rings. The van der Waals surface area contributed by atoms with Crippen molar-refractivity contribution in [3.05, 3.63) is 140 Å². The van der Waals surface area contributed by atoms with Crippen molar-refractivity contribution in [1.29, 1.82) is 0 Å². The topological polar surface area (TPSA) is 6.48 Å². The minimum absolute atomic E-state index is 0.0175. The van der Waals surface area contributed by atoms with Gasteiger partial charge in [-0.1, -0.05) is 178 Å². The molecule has 0 fully saturated rings. The lowest BCUT2D eigenvalue weighted by Crippen LogP contribution is -2.61. The van der Waals surface area contributed by atoms with Crippen LogP contribution in [0.1, 0.15) is 193 Å².